The van der Waals surface area contributed by atoms with E-state index in [-0.39, 0.29) is 17.2 Å². The van der Waals surface area contributed by atoms with Gasteiger partial charge in [-0.05, 0) is 60.7 Å². The van der Waals surface area contributed by atoms with Crippen LogP contribution in [0.15, 0.2) is 108 Å². The van der Waals surface area contributed by atoms with Crippen molar-refractivity contribution in [1.82, 2.24) is 5.43 Å². The predicted octanol–water partition coefficient (Wildman–Crippen LogP) is 4.93. The summed E-state index contributed by atoms with van der Waals surface area (Å²) in [5, 5.41) is 6.77. The van der Waals surface area contributed by atoms with E-state index in [1.807, 2.05) is 6.07 Å². The lowest BCUT2D eigenvalue weighted by atomic mass is 10.1. The third-order valence-corrected chi connectivity index (χ3v) is 5.27. The maximum Gasteiger partial charge on any atom is 0.343 e. The fraction of sp³-hybridized carbons (Fsp3) is 0.0345. The molecule has 37 heavy (non-hydrogen) atoms. The van der Waals surface area contributed by atoms with Gasteiger partial charge in [0.25, 0.3) is 11.8 Å². The van der Waals surface area contributed by atoms with Crippen molar-refractivity contribution in [2.75, 3.05) is 12.4 Å². The maximum absolute atomic E-state index is 12.8. The average molecular weight is 494 g/mol. The van der Waals surface area contributed by atoms with E-state index >= 15 is 0 Å². The van der Waals surface area contributed by atoms with Gasteiger partial charge in [-0.2, -0.15) is 5.10 Å². The van der Waals surface area contributed by atoms with Crippen LogP contribution in [0, 0.1) is 0 Å². The van der Waals surface area contributed by atoms with E-state index in [1.54, 1.807) is 104 Å². The molecule has 0 saturated heterocycles. The molecular formula is C29H23N3O5. The number of anilines is 1. The summed E-state index contributed by atoms with van der Waals surface area (Å²) in [6, 6.07) is 28.6. The number of hydrazone groups is 1. The first kappa shape index (κ1) is 24.9. The van der Waals surface area contributed by atoms with Crippen LogP contribution in [0.5, 0.6) is 11.5 Å². The lowest BCUT2D eigenvalue weighted by molar-refractivity contribution is 0.0733. The molecule has 0 heterocycles. The van der Waals surface area contributed by atoms with E-state index in [4.69, 9.17) is 9.47 Å². The van der Waals surface area contributed by atoms with Gasteiger partial charge in [-0.15, -0.1) is 0 Å². The first-order valence-corrected chi connectivity index (χ1v) is 11.3. The second-order valence-corrected chi connectivity index (χ2v) is 7.72. The Kier molecular flexibility index (Phi) is 8.03. The number of rotatable bonds is 8. The van der Waals surface area contributed by atoms with Gasteiger partial charge in [-0.1, -0.05) is 42.5 Å². The highest BCUT2D eigenvalue weighted by Crippen LogP contribution is 2.20. The molecule has 0 unspecified atom stereocenters. The number of esters is 1. The van der Waals surface area contributed by atoms with Gasteiger partial charge >= 0.3 is 5.97 Å². The van der Waals surface area contributed by atoms with Crippen molar-refractivity contribution in [2.24, 2.45) is 5.10 Å². The van der Waals surface area contributed by atoms with Crippen LogP contribution in [-0.4, -0.2) is 31.1 Å². The third-order valence-electron chi connectivity index (χ3n) is 5.27. The van der Waals surface area contributed by atoms with Crippen molar-refractivity contribution in [3.8, 4) is 11.5 Å². The quantitative estimate of drug-likeness (QED) is 0.157. The van der Waals surface area contributed by atoms with Crippen molar-refractivity contribution in [3.63, 3.8) is 0 Å². The Morgan fingerprint density at radius 2 is 1.41 bits per heavy atom. The monoisotopic (exact) mass is 493 g/mol. The zero-order valence-corrected chi connectivity index (χ0v) is 19.9. The Morgan fingerprint density at radius 3 is 2.16 bits per heavy atom. The molecular weight excluding hydrogens is 470 g/mol. The van der Waals surface area contributed by atoms with Crippen LogP contribution in [-0.2, 0) is 0 Å². The normalized spacial score (nSPS) is 10.5. The SMILES string of the molecule is COc1ccc(C(=O)Oc2ccccc2/C=N\NC(=O)c2ccccc2NC(=O)c2ccccc2)cc1. The van der Waals surface area contributed by atoms with Crippen molar-refractivity contribution in [1.29, 1.82) is 0 Å². The first-order valence-electron chi connectivity index (χ1n) is 11.3. The highest BCUT2D eigenvalue weighted by molar-refractivity contribution is 6.09. The summed E-state index contributed by atoms with van der Waals surface area (Å²) in [5.41, 5.74) is 4.34. The van der Waals surface area contributed by atoms with E-state index in [0.717, 1.165) is 0 Å². The number of hydrogen-bond acceptors (Lipinski definition) is 6. The second-order valence-electron chi connectivity index (χ2n) is 7.72. The number of para-hydroxylation sites is 2. The number of benzene rings is 4. The smallest absolute Gasteiger partial charge is 0.343 e. The highest BCUT2D eigenvalue weighted by Gasteiger charge is 2.14. The number of methoxy groups -OCH3 is 1. The first-order chi connectivity index (χ1) is 18.0. The summed E-state index contributed by atoms with van der Waals surface area (Å²) in [7, 11) is 1.54. The summed E-state index contributed by atoms with van der Waals surface area (Å²) in [4.78, 5) is 37.9. The minimum atomic E-state index is -0.546. The minimum Gasteiger partial charge on any atom is -0.497 e. The molecule has 2 N–H and O–H groups in total. The van der Waals surface area contributed by atoms with Crippen molar-refractivity contribution < 1.29 is 23.9 Å². The number of amides is 2. The molecule has 184 valence electrons. The number of nitrogens with one attached hydrogen (secondary N) is 2. The van der Waals surface area contributed by atoms with Crippen molar-refractivity contribution in [3.05, 3.63) is 125 Å². The third kappa shape index (κ3) is 6.46. The van der Waals surface area contributed by atoms with Gasteiger partial charge in [0.15, 0.2) is 0 Å². The predicted molar refractivity (Wildman–Crippen MR) is 140 cm³/mol. The van der Waals surface area contributed by atoms with Crippen LogP contribution < -0.4 is 20.2 Å². The molecule has 8 nitrogen and oxygen atoms in total. The summed E-state index contributed by atoms with van der Waals surface area (Å²) >= 11 is 0. The van der Waals surface area contributed by atoms with E-state index in [1.165, 1.54) is 6.21 Å². The highest BCUT2D eigenvalue weighted by atomic mass is 16.5. The van der Waals surface area contributed by atoms with E-state index in [2.05, 4.69) is 15.8 Å². The second kappa shape index (κ2) is 11.9. The molecule has 0 aliphatic rings. The summed E-state index contributed by atoms with van der Waals surface area (Å²) < 4.78 is 10.6. The molecule has 4 aromatic rings. The lowest BCUT2D eigenvalue weighted by Crippen LogP contribution is -2.21. The molecule has 8 heteroatoms. The molecule has 0 radical (unpaired) electrons. The number of ether oxygens (including phenoxy) is 2. The Labute approximate surface area is 213 Å². The average Bonchev–Trinajstić information content (AvgIpc) is 2.94. The van der Waals surface area contributed by atoms with Crippen LogP contribution in [0.1, 0.15) is 36.6 Å². The van der Waals surface area contributed by atoms with Gasteiger partial charge in [0.05, 0.1) is 30.1 Å². The summed E-state index contributed by atoms with van der Waals surface area (Å²) in [6.07, 6.45) is 1.37. The molecule has 0 atom stereocenters. The zero-order chi connectivity index (χ0) is 26.0. The summed E-state index contributed by atoms with van der Waals surface area (Å²) in [6.45, 7) is 0. The van der Waals surface area contributed by atoms with Gasteiger partial charge in [-0.3, -0.25) is 9.59 Å². The molecule has 0 saturated carbocycles. The van der Waals surface area contributed by atoms with Gasteiger partial charge in [0.1, 0.15) is 11.5 Å². The zero-order valence-electron chi connectivity index (χ0n) is 19.9. The molecule has 0 spiro atoms. The lowest BCUT2D eigenvalue weighted by Gasteiger charge is -2.10. The summed E-state index contributed by atoms with van der Waals surface area (Å²) in [5.74, 6) is -0.502. The topological polar surface area (TPSA) is 106 Å². The van der Waals surface area contributed by atoms with Crippen molar-refractivity contribution >= 4 is 29.7 Å². The van der Waals surface area contributed by atoms with Gasteiger partial charge in [-0.25, -0.2) is 10.2 Å². The molecule has 0 bridgehead atoms. The van der Waals surface area contributed by atoms with E-state index in [0.29, 0.717) is 28.1 Å². The number of hydrogen-bond donors (Lipinski definition) is 2. The van der Waals surface area contributed by atoms with Crippen molar-refractivity contribution in [2.45, 2.75) is 0 Å². The van der Waals surface area contributed by atoms with Crippen LogP contribution in [0.3, 0.4) is 0 Å². The van der Waals surface area contributed by atoms with E-state index in [9.17, 15) is 14.4 Å². The molecule has 0 aliphatic carbocycles. The molecule has 0 fully saturated rings. The molecule has 4 rings (SSSR count). The van der Waals surface area contributed by atoms with Crippen LogP contribution in [0.4, 0.5) is 5.69 Å². The van der Waals surface area contributed by atoms with Crippen LogP contribution in [0.25, 0.3) is 0 Å². The fourth-order valence-electron chi connectivity index (χ4n) is 3.36. The Balaban J connectivity index is 1.43. The minimum absolute atomic E-state index is 0.239. The number of carbonyl (C=O) groups excluding carboxylic acids is 3. The van der Waals surface area contributed by atoms with Gasteiger partial charge in [0.2, 0.25) is 0 Å². The number of nitrogens with zero attached hydrogens (tertiary/aromatic N) is 1. The van der Waals surface area contributed by atoms with Gasteiger partial charge in [0, 0.05) is 11.1 Å². The molecule has 2 amide bonds. The standard InChI is InChI=1S/C29H23N3O5/c1-36-23-17-15-21(16-18-23)29(35)37-26-14-8-5-11-22(26)19-30-32-28(34)24-12-6-7-13-25(24)31-27(33)20-9-3-2-4-10-20/h2-19H,1H3,(H,31,33)(H,32,34)/b30-19-. The van der Waals surface area contributed by atoms with Crippen LogP contribution >= 0.6 is 0 Å². The maximum atomic E-state index is 12.8. The Bertz CT molecular complexity index is 1430. The van der Waals surface area contributed by atoms with E-state index < -0.39 is 11.9 Å². The molecule has 0 aliphatic heterocycles. The molecule has 4 aromatic carbocycles. The largest absolute Gasteiger partial charge is 0.497 e. The fourth-order valence-corrected chi connectivity index (χ4v) is 3.36. The Morgan fingerprint density at radius 1 is 0.730 bits per heavy atom. The molecule has 0 aromatic heterocycles. The van der Waals surface area contributed by atoms with Crippen LogP contribution in [0.2, 0.25) is 0 Å². The Hall–Kier alpha value is -5.24. The number of carbonyl (C=O) groups is 3. The van der Waals surface area contributed by atoms with Gasteiger partial charge < -0.3 is 14.8 Å².